The number of rotatable bonds is 7. The largest absolute Gasteiger partial charge is 0.376 e. The lowest BCUT2D eigenvalue weighted by Crippen LogP contribution is -2.30. The molecular formula is C15H23N3O2. The normalized spacial score (nSPS) is 9.95. The average Bonchev–Trinajstić information content (AvgIpc) is 2.45. The summed E-state index contributed by atoms with van der Waals surface area (Å²) in [5.41, 5.74) is 2.58. The summed E-state index contributed by atoms with van der Waals surface area (Å²) in [6.07, 6.45) is 1.36. The summed E-state index contributed by atoms with van der Waals surface area (Å²) >= 11 is 0. The molecule has 0 bridgehead atoms. The summed E-state index contributed by atoms with van der Waals surface area (Å²) in [5, 5.41) is 8.69. The Morgan fingerprint density at radius 1 is 1.15 bits per heavy atom. The van der Waals surface area contributed by atoms with E-state index in [1.165, 1.54) is 0 Å². The fourth-order valence-corrected chi connectivity index (χ4v) is 1.61. The van der Waals surface area contributed by atoms with Crippen LogP contribution in [-0.4, -0.2) is 24.9 Å². The van der Waals surface area contributed by atoms with Crippen molar-refractivity contribution < 1.29 is 9.59 Å². The van der Waals surface area contributed by atoms with Crippen molar-refractivity contribution in [3.8, 4) is 0 Å². The van der Waals surface area contributed by atoms with Gasteiger partial charge in [0.15, 0.2) is 0 Å². The van der Waals surface area contributed by atoms with Crippen molar-refractivity contribution in [3.63, 3.8) is 0 Å². The maximum absolute atomic E-state index is 11.5. The van der Waals surface area contributed by atoms with Gasteiger partial charge >= 0.3 is 0 Å². The molecule has 0 spiro atoms. The summed E-state index contributed by atoms with van der Waals surface area (Å²) < 4.78 is 0. The fraction of sp³-hybridized carbons (Fsp3) is 0.467. The molecule has 0 aliphatic heterocycles. The summed E-state index contributed by atoms with van der Waals surface area (Å²) in [6, 6.07) is 5.65. The molecule has 0 saturated heterocycles. The minimum atomic E-state index is -0.0356. The minimum Gasteiger partial charge on any atom is -0.376 e. The average molecular weight is 277 g/mol. The SMILES string of the molecule is CCCNC(=O)CNc1ccc(C)c(NC(=O)CC)c1. The van der Waals surface area contributed by atoms with Crippen molar-refractivity contribution in [3.05, 3.63) is 23.8 Å². The predicted molar refractivity (Wildman–Crippen MR) is 81.9 cm³/mol. The molecule has 0 heterocycles. The molecule has 1 aromatic carbocycles. The van der Waals surface area contributed by atoms with Crippen molar-refractivity contribution in [2.24, 2.45) is 0 Å². The van der Waals surface area contributed by atoms with E-state index in [0.717, 1.165) is 23.4 Å². The summed E-state index contributed by atoms with van der Waals surface area (Å²) in [6.45, 7) is 6.67. The van der Waals surface area contributed by atoms with E-state index >= 15 is 0 Å². The Kier molecular flexibility index (Phi) is 6.56. The van der Waals surface area contributed by atoms with Crippen molar-refractivity contribution in [2.75, 3.05) is 23.7 Å². The molecule has 0 aliphatic rings. The highest BCUT2D eigenvalue weighted by molar-refractivity contribution is 5.92. The molecule has 110 valence electrons. The second-order valence-corrected chi connectivity index (χ2v) is 4.63. The third-order valence-corrected chi connectivity index (χ3v) is 2.86. The first-order valence-electron chi connectivity index (χ1n) is 6.97. The monoisotopic (exact) mass is 277 g/mol. The first-order valence-corrected chi connectivity index (χ1v) is 6.97. The van der Waals surface area contributed by atoms with Crippen LogP contribution in [0.15, 0.2) is 18.2 Å². The van der Waals surface area contributed by atoms with Gasteiger partial charge in [-0.3, -0.25) is 9.59 Å². The number of carbonyl (C=O) groups is 2. The molecule has 2 amide bonds. The predicted octanol–water partition coefficient (Wildman–Crippen LogP) is 2.28. The molecule has 0 saturated carbocycles. The topological polar surface area (TPSA) is 70.2 Å². The van der Waals surface area contributed by atoms with E-state index in [0.29, 0.717) is 13.0 Å². The number of benzene rings is 1. The van der Waals surface area contributed by atoms with Crippen LogP contribution >= 0.6 is 0 Å². The number of hydrogen-bond acceptors (Lipinski definition) is 3. The molecule has 0 radical (unpaired) electrons. The molecule has 0 unspecified atom stereocenters. The van der Waals surface area contributed by atoms with Gasteiger partial charge in [0, 0.05) is 24.3 Å². The molecule has 5 nitrogen and oxygen atoms in total. The quantitative estimate of drug-likeness (QED) is 0.716. The molecule has 5 heteroatoms. The molecule has 1 rings (SSSR count). The lowest BCUT2D eigenvalue weighted by atomic mass is 10.1. The molecule has 0 aliphatic carbocycles. The number of aryl methyl sites for hydroxylation is 1. The van der Waals surface area contributed by atoms with Gasteiger partial charge in [0.2, 0.25) is 11.8 Å². The van der Waals surface area contributed by atoms with Crippen molar-refractivity contribution in [1.29, 1.82) is 0 Å². The first-order chi connectivity index (χ1) is 9.56. The third kappa shape index (κ3) is 5.30. The maximum atomic E-state index is 11.5. The molecule has 0 aromatic heterocycles. The Hall–Kier alpha value is -2.04. The van der Waals surface area contributed by atoms with Crippen molar-refractivity contribution in [2.45, 2.75) is 33.6 Å². The number of carbonyl (C=O) groups excluding carboxylic acids is 2. The number of anilines is 2. The highest BCUT2D eigenvalue weighted by Gasteiger charge is 2.05. The Balaban J connectivity index is 2.60. The van der Waals surface area contributed by atoms with Crippen LogP contribution in [0.1, 0.15) is 32.3 Å². The first kappa shape index (κ1) is 16.0. The number of amides is 2. The van der Waals surface area contributed by atoms with E-state index in [9.17, 15) is 9.59 Å². The van der Waals surface area contributed by atoms with E-state index in [2.05, 4.69) is 16.0 Å². The van der Waals surface area contributed by atoms with Crippen LogP contribution in [0.5, 0.6) is 0 Å². The molecule has 20 heavy (non-hydrogen) atoms. The van der Waals surface area contributed by atoms with Crippen LogP contribution in [0.25, 0.3) is 0 Å². The van der Waals surface area contributed by atoms with Gasteiger partial charge in [-0.05, 0) is 31.0 Å². The Labute approximate surface area is 120 Å². The summed E-state index contributed by atoms with van der Waals surface area (Å²) in [7, 11) is 0. The van der Waals surface area contributed by atoms with E-state index < -0.39 is 0 Å². The van der Waals surface area contributed by atoms with Crippen LogP contribution in [-0.2, 0) is 9.59 Å². The standard InChI is InChI=1S/C15H23N3O2/c1-4-8-16-15(20)10-17-12-7-6-11(3)13(9-12)18-14(19)5-2/h6-7,9,17H,4-5,8,10H2,1-3H3,(H,16,20)(H,18,19). The number of hydrogen-bond donors (Lipinski definition) is 3. The van der Waals surface area contributed by atoms with Crippen LogP contribution in [0, 0.1) is 6.92 Å². The van der Waals surface area contributed by atoms with Gasteiger partial charge in [0.1, 0.15) is 0 Å². The smallest absolute Gasteiger partial charge is 0.239 e. The third-order valence-electron chi connectivity index (χ3n) is 2.86. The van der Waals surface area contributed by atoms with E-state index in [-0.39, 0.29) is 18.4 Å². The van der Waals surface area contributed by atoms with Crippen LogP contribution in [0.2, 0.25) is 0 Å². The van der Waals surface area contributed by atoms with Crippen LogP contribution in [0.4, 0.5) is 11.4 Å². The zero-order valence-corrected chi connectivity index (χ0v) is 12.4. The van der Waals surface area contributed by atoms with E-state index in [1.807, 2.05) is 39.0 Å². The minimum absolute atomic E-state index is 0.0223. The second-order valence-electron chi connectivity index (χ2n) is 4.63. The zero-order chi connectivity index (χ0) is 15.0. The molecule has 0 fully saturated rings. The van der Waals surface area contributed by atoms with Gasteiger partial charge in [-0.15, -0.1) is 0 Å². The summed E-state index contributed by atoms with van der Waals surface area (Å²) in [5.74, 6) is -0.0579. The molecule has 0 atom stereocenters. The highest BCUT2D eigenvalue weighted by Crippen LogP contribution is 2.20. The highest BCUT2D eigenvalue weighted by atomic mass is 16.2. The van der Waals surface area contributed by atoms with Crippen molar-refractivity contribution in [1.82, 2.24) is 5.32 Å². The lowest BCUT2D eigenvalue weighted by Gasteiger charge is -2.11. The van der Waals surface area contributed by atoms with Crippen LogP contribution in [0.3, 0.4) is 0 Å². The Bertz CT molecular complexity index is 472. The Morgan fingerprint density at radius 2 is 1.90 bits per heavy atom. The second kappa shape index (κ2) is 8.19. The number of nitrogens with one attached hydrogen (secondary N) is 3. The van der Waals surface area contributed by atoms with Gasteiger partial charge in [-0.1, -0.05) is 19.9 Å². The van der Waals surface area contributed by atoms with Gasteiger partial charge in [0.25, 0.3) is 0 Å². The van der Waals surface area contributed by atoms with E-state index in [4.69, 9.17) is 0 Å². The summed E-state index contributed by atoms with van der Waals surface area (Å²) in [4.78, 5) is 22.9. The molecule has 3 N–H and O–H groups in total. The van der Waals surface area contributed by atoms with Gasteiger partial charge in [-0.2, -0.15) is 0 Å². The van der Waals surface area contributed by atoms with Crippen LogP contribution < -0.4 is 16.0 Å². The lowest BCUT2D eigenvalue weighted by molar-refractivity contribution is -0.119. The molecular weight excluding hydrogens is 254 g/mol. The molecule has 1 aromatic rings. The van der Waals surface area contributed by atoms with E-state index in [1.54, 1.807) is 0 Å². The fourth-order valence-electron chi connectivity index (χ4n) is 1.61. The van der Waals surface area contributed by atoms with Crippen molar-refractivity contribution >= 4 is 23.2 Å². The van der Waals surface area contributed by atoms with Gasteiger partial charge in [0.05, 0.1) is 6.54 Å². The van der Waals surface area contributed by atoms with Gasteiger partial charge in [-0.25, -0.2) is 0 Å². The zero-order valence-electron chi connectivity index (χ0n) is 12.4. The Morgan fingerprint density at radius 3 is 2.55 bits per heavy atom. The maximum Gasteiger partial charge on any atom is 0.239 e. The van der Waals surface area contributed by atoms with Gasteiger partial charge < -0.3 is 16.0 Å².